The van der Waals surface area contributed by atoms with Gasteiger partial charge >= 0.3 is 0 Å². The lowest BCUT2D eigenvalue weighted by Crippen LogP contribution is -2.49. The van der Waals surface area contributed by atoms with E-state index in [1.807, 2.05) is 41.3 Å². The van der Waals surface area contributed by atoms with Gasteiger partial charge in [-0.25, -0.2) is 4.98 Å². The lowest BCUT2D eigenvalue weighted by atomic mass is 10.1. The molecule has 1 N–H and O–H groups in total. The van der Waals surface area contributed by atoms with Gasteiger partial charge in [-0.3, -0.25) is 9.59 Å². The molecule has 0 bridgehead atoms. The quantitative estimate of drug-likeness (QED) is 0.751. The second-order valence-electron chi connectivity index (χ2n) is 7.37. The van der Waals surface area contributed by atoms with Crippen molar-refractivity contribution in [2.45, 2.75) is 25.8 Å². The summed E-state index contributed by atoms with van der Waals surface area (Å²) in [6, 6.07) is 11.5. The van der Waals surface area contributed by atoms with E-state index in [2.05, 4.69) is 15.2 Å². The molecule has 1 fully saturated rings. The average molecular weight is 410 g/mol. The van der Waals surface area contributed by atoms with Gasteiger partial charge in [0.2, 0.25) is 18.6 Å². The largest absolute Gasteiger partial charge is 0.454 e. The summed E-state index contributed by atoms with van der Waals surface area (Å²) in [5.41, 5.74) is 0.953. The van der Waals surface area contributed by atoms with Crippen LogP contribution >= 0.6 is 0 Å². The third-order valence-electron chi connectivity index (χ3n) is 5.33. The van der Waals surface area contributed by atoms with Crippen LogP contribution in [0.5, 0.6) is 11.5 Å². The van der Waals surface area contributed by atoms with E-state index in [1.54, 1.807) is 6.20 Å². The second-order valence-corrected chi connectivity index (χ2v) is 7.37. The Balaban J connectivity index is 1.13. The fourth-order valence-corrected chi connectivity index (χ4v) is 3.62. The summed E-state index contributed by atoms with van der Waals surface area (Å²) in [4.78, 5) is 33.0. The van der Waals surface area contributed by atoms with E-state index in [4.69, 9.17) is 9.47 Å². The van der Waals surface area contributed by atoms with E-state index >= 15 is 0 Å². The molecule has 2 amide bonds. The number of piperazine rings is 1. The number of aromatic nitrogens is 1. The first kappa shape index (κ1) is 20.0. The third-order valence-corrected chi connectivity index (χ3v) is 5.33. The zero-order chi connectivity index (χ0) is 20.8. The van der Waals surface area contributed by atoms with E-state index < -0.39 is 0 Å². The van der Waals surface area contributed by atoms with Crippen molar-refractivity contribution in [1.29, 1.82) is 0 Å². The van der Waals surface area contributed by atoms with Crippen LogP contribution in [-0.4, -0.2) is 54.7 Å². The van der Waals surface area contributed by atoms with Crippen LogP contribution in [0.25, 0.3) is 0 Å². The van der Waals surface area contributed by atoms with Crippen LogP contribution in [0.4, 0.5) is 5.82 Å². The molecule has 1 aromatic carbocycles. The number of benzene rings is 1. The van der Waals surface area contributed by atoms with Gasteiger partial charge in [-0.15, -0.1) is 0 Å². The molecule has 0 aliphatic carbocycles. The minimum Gasteiger partial charge on any atom is -0.454 e. The topological polar surface area (TPSA) is 84.0 Å². The van der Waals surface area contributed by atoms with Crippen LogP contribution in [0.15, 0.2) is 42.6 Å². The van der Waals surface area contributed by atoms with Crippen molar-refractivity contribution in [2.75, 3.05) is 37.9 Å². The molecule has 1 saturated heterocycles. The number of anilines is 1. The summed E-state index contributed by atoms with van der Waals surface area (Å²) in [6.07, 6.45) is 3.06. The Bertz CT molecular complexity index is 882. The van der Waals surface area contributed by atoms with Crippen LogP contribution in [0.2, 0.25) is 0 Å². The highest BCUT2D eigenvalue weighted by molar-refractivity contribution is 5.79. The molecule has 0 unspecified atom stereocenters. The Hall–Kier alpha value is -3.29. The van der Waals surface area contributed by atoms with Gasteiger partial charge in [-0.2, -0.15) is 0 Å². The van der Waals surface area contributed by atoms with Gasteiger partial charge in [0, 0.05) is 51.8 Å². The van der Waals surface area contributed by atoms with Gasteiger partial charge in [0.1, 0.15) is 5.82 Å². The van der Waals surface area contributed by atoms with Crippen LogP contribution in [-0.2, 0) is 16.1 Å². The second kappa shape index (κ2) is 9.47. The number of carbonyl (C=O) groups excluding carboxylic acids is 2. The number of hydrogen-bond acceptors (Lipinski definition) is 6. The summed E-state index contributed by atoms with van der Waals surface area (Å²) in [6.45, 7) is 3.59. The molecular weight excluding hydrogens is 384 g/mol. The average Bonchev–Trinajstić information content (AvgIpc) is 3.26. The van der Waals surface area contributed by atoms with Crippen molar-refractivity contribution >= 4 is 17.6 Å². The van der Waals surface area contributed by atoms with Crippen molar-refractivity contribution in [1.82, 2.24) is 15.2 Å². The predicted octanol–water partition coefficient (Wildman–Crippen LogP) is 1.95. The van der Waals surface area contributed by atoms with Crippen LogP contribution in [0.1, 0.15) is 24.8 Å². The number of nitrogens with zero attached hydrogens (tertiary/aromatic N) is 3. The highest BCUT2D eigenvalue weighted by Gasteiger charge is 2.21. The summed E-state index contributed by atoms with van der Waals surface area (Å²) >= 11 is 0. The number of ether oxygens (including phenoxy) is 2. The smallest absolute Gasteiger partial charge is 0.231 e. The van der Waals surface area contributed by atoms with Crippen molar-refractivity contribution in [3.63, 3.8) is 0 Å². The van der Waals surface area contributed by atoms with E-state index in [0.717, 1.165) is 30.2 Å². The minimum atomic E-state index is -0.0551. The first-order chi connectivity index (χ1) is 14.7. The molecule has 2 aliphatic heterocycles. The fourth-order valence-electron chi connectivity index (χ4n) is 3.62. The van der Waals surface area contributed by atoms with Crippen molar-refractivity contribution in [3.05, 3.63) is 48.2 Å². The first-order valence-corrected chi connectivity index (χ1v) is 10.3. The van der Waals surface area contributed by atoms with E-state index in [1.165, 1.54) is 0 Å². The fraction of sp³-hybridized carbons (Fsp3) is 0.409. The first-order valence-electron chi connectivity index (χ1n) is 10.3. The van der Waals surface area contributed by atoms with Crippen LogP contribution in [0, 0.1) is 0 Å². The molecule has 0 saturated carbocycles. The van der Waals surface area contributed by atoms with E-state index in [9.17, 15) is 9.59 Å². The maximum atomic E-state index is 12.4. The molecule has 0 atom stereocenters. The Morgan fingerprint density at radius 3 is 2.63 bits per heavy atom. The molecule has 158 valence electrons. The van der Waals surface area contributed by atoms with Crippen LogP contribution < -0.4 is 19.7 Å². The highest BCUT2D eigenvalue weighted by Crippen LogP contribution is 2.32. The summed E-state index contributed by atoms with van der Waals surface area (Å²) in [5.74, 6) is 2.43. The zero-order valence-corrected chi connectivity index (χ0v) is 16.9. The number of rotatable bonds is 7. The summed E-state index contributed by atoms with van der Waals surface area (Å²) < 4.78 is 10.6. The monoisotopic (exact) mass is 410 g/mol. The van der Waals surface area contributed by atoms with Gasteiger partial charge in [0.25, 0.3) is 0 Å². The molecule has 2 aliphatic rings. The number of fused-ring (bicyclic) bond motifs is 1. The molecule has 0 spiro atoms. The van der Waals surface area contributed by atoms with E-state index in [0.29, 0.717) is 44.6 Å². The summed E-state index contributed by atoms with van der Waals surface area (Å²) in [7, 11) is 0. The SMILES string of the molecule is O=C(CCCC(=O)N1CCN(c2ccccn2)CC1)NCc1ccc2c(c1)OCO2. The van der Waals surface area contributed by atoms with Crippen LogP contribution in [0.3, 0.4) is 0 Å². The number of amides is 2. The number of pyridine rings is 1. The lowest BCUT2D eigenvalue weighted by molar-refractivity contribution is -0.131. The Morgan fingerprint density at radius 1 is 1.00 bits per heavy atom. The Kier molecular flexibility index (Phi) is 6.32. The van der Waals surface area contributed by atoms with Gasteiger partial charge < -0.3 is 24.6 Å². The number of nitrogens with one attached hydrogen (secondary N) is 1. The van der Waals surface area contributed by atoms with Crippen molar-refractivity contribution in [2.24, 2.45) is 0 Å². The maximum absolute atomic E-state index is 12.4. The van der Waals surface area contributed by atoms with Crippen molar-refractivity contribution < 1.29 is 19.1 Å². The predicted molar refractivity (Wildman–Crippen MR) is 111 cm³/mol. The minimum absolute atomic E-state index is 0.0551. The lowest BCUT2D eigenvalue weighted by Gasteiger charge is -2.35. The molecule has 4 rings (SSSR count). The standard InChI is InChI=1S/C22H26N4O4/c27-21(24-15-17-7-8-18-19(14-17)30-16-29-18)5-3-6-22(28)26-12-10-25(11-13-26)20-4-1-2-9-23-20/h1-2,4,7-9,14H,3,5-6,10-13,15-16H2,(H,24,27). The van der Waals surface area contributed by atoms with Crippen molar-refractivity contribution in [3.8, 4) is 11.5 Å². The molecule has 8 nitrogen and oxygen atoms in total. The molecule has 8 heteroatoms. The Labute approximate surface area is 175 Å². The molecule has 3 heterocycles. The van der Waals surface area contributed by atoms with Gasteiger partial charge in [0.05, 0.1) is 0 Å². The van der Waals surface area contributed by atoms with Gasteiger partial charge in [-0.1, -0.05) is 12.1 Å². The van der Waals surface area contributed by atoms with Gasteiger partial charge in [0.15, 0.2) is 11.5 Å². The maximum Gasteiger partial charge on any atom is 0.231 e. The molecule has 0 radical (unpaired) electrons. The van der Waals surface area contributed by atoms with Gasteiger partial charge in [-0.05, 0) is 36.2 Å². The molecule has 2 aromatic rings. The van der Waals surface area contributed by atoms with E-state index in [-0.39, 0.29) is 18.6 Å². The molecular formula is C22H26N4O4. The molecule has 30 heavy (non-hydrogen) atoms. The summed E-state index contributed by atoms with van der Waals surface area (Å²) in [5, 5.41) is 2.89. The molecule has 1 aromatic heterocycles. The Morgan fingerprint density at radius 2 is 1.83 bits per heavy atom. The zero-order valence-electron chi connectivity index (χ0n) is 16.9. The normalized spacial score (nSPS) is 15.2. The number of carbonyl (C=O) groups is 2. The third kappa shape index (κ3) is 5.00. The number of hydrogen-bond donors (Lipinski definition) is 1. The highest BCUT2D eigenvalue weighted by atomic mass is 16.7.